The van der Waals surface area contributed by atoms with Crippen LogP contribution in [0, 0.1) is 0 Å². The Bertz CT molecular complexity index is 171. The molecule has 0 radical (unpaired) electrons. The van der Waals surface area contributed by atoms with Gasteiger partial charge in [-0.05, 0) is 19.3 Å². The number of nitrogens with one attached hydrogen (secondary N) is 1. The first-order chi connectivity index (χ1) is 5.72. The van der Waals surface area contributed by atoms with Gasteiger partial charge in [0.05, 0.1) is 12.1 Å². The summed E-state index contributed by atoms with van der Waals surface area (Å²) in [7, 11) is 1.71. The summed E-state index contributed by atoms with van der Waals surface area (Å²) in [5.41, 5.74) is 7.59. The molecule has 0 amide bonds. The van der Waals surface area contributed by atoms with Gasteiger partial charge in [-0.15, -0.1) is 0 Å². The highest BCUT2D eigenvalue weighted by Crippen LogP contribution is 2.34. The summed E-state index contributed by atoms with van der Waals surface area (Å²) in [6.07, 6.45) is 3.33. The third-order valence-electron chi connectivity index (χ3n) is 2.38. The van der Waals surface area contributed by atoms with E-state index in [2.05, 4.69) is 10.4 Å². The quantitative estimate of drug-likeness (QED) is 0.228. The van der Waals surface area contributed by atoms with Gasteiger partial charge in [-0.3, -0.25) is 5.43 Å². The minimum absolute atomic E-state index is 0.0680. The van der Waals surface area contributed by atoms with Crippen LogP contribution in [0.2, 0.25) is 0 Å². The minimum atomic E-state index is -0.0680. The number of nitrogens with zero attached hydrogens (tertiary/aromatic N) is 1. The van der Waals surface area contributed by atoms with E-state index in [0.717, 1.165) is 12.8 Å². The summed E-state index contributed by atoms with van der Waals surface area (Å²) in [5, 5.41) is 0. The lowest BCUT2D eigenvalue weighted by Crippen LogP contribution is -2.44. The van der Waals surface area contributed by atoms with Crippen LogP contribution in [0.1, 0.15) is 19.3 Å². The van der Waals surface area contributed by atoms with Crippen molar-refractivity contribution in [2.75, 3.05) is 13.7 Å². The zero-order chi connectivity index (χ0) is 9.03. The Morgan fingerprint density at radius 3 is 2.67 bits per heavy atom. The number of hydrazine groups is 1. The second kappa shape index (κ2) is 3.73. The van der Waals surface area contributed by atoms with Gasteiger partial charge in [0.25, 0.3) is 0 Å². The van der Waals surface area contributed by atoms with Crippen molar-refractivity contribution in [3.63, 3.8) is 0 Å². The molecular weight excluding hydrogens is 156 g/mol. The highest BCUT2D eigenvalue weighted by molar-refractivity contribution is 5.77. The van der Waals surface area contributed by atoms with E-state index in [1.165, 1.54) is 6.42 Å². The normalized spacial score (nSPS) is 21.7. The molecule has 1 rings (SSSR count). The van der Waals surface area contributed by atoms with Gasteiger partial charge in [-0.2, -0.15) is 0 Å². The van der Waals surface area contributed by atoms with Gasteiger partial charge in [0.1, 0.15) is 0 Å². The van der Waals surface area contributed by atoms with Crippen LogP contribution in [0.25, 0.3) is 0 Å². The summed E-state index contributed by atoms with van der Waals surface area (Å²) < 4.78 is 5.34. The molecular formula is C7H16N4O. The molecule has 0 aromatic rings. The van der Waals surface area contributed by atoms with Crippen LogP contribution >= 0.6 is 0 Å². The second-order valence-electron chi connectivity index (χ2n) is 3.09. The molecule has 0 bridgehead atoms. The van der Waals surface area contributed by atoms with Crippen molar-refractivity contribution in [1.82, 2.24) is 5.43 Å². The lowest BCUT2D eigenvalue weighted by molar-refractivity contribution is -0.0630. The number of rotatable bonds is 3. The average molecular weight is 172 g/mol. The fraction of sp³-hybridized carbons (Fsp3) is 0.857. The molecule has 70 valence electrons. The van der Waals surface area contributed by atoms with Crippen LogP contribution < -0.4 is 17.0 Å². The Labute approximate surface area is 72.1 Å². The Balaban J connectivity index is 2.38. The lowest BCUT2D eigenvalue weighted by atomic mass is 9.80. The predicted molar refractivity (Wildman–Crippen MR) is 47.4 cm³/mol. The molecule has 5 heteroatoms. The molecule has 12 heavy (non-hydrogen) atoms. The zero-order valence-electron chi connectivity index (χ0n) is 7.34. The topological polar surface area (TPSA) is 85.7 Å². The molecule has 0 aromatic carbocycles. The summed E-state index contributed by atoms with van der Waals surface area (Å²) in [4.78, 5) is 4.04. The van der Waals surface area contributed by atoms with Gasteiger partial charge in [-0.1, -0.05) is 0 Å². The van der Waals surface area contributed by atoms with E-state index in [1.807, 2.05) is 0 Å². The van der Waals surface area contributed by atoms with Gasteiger partial charge in [0.15, 0.2) is 0 Å². The van der Waals surface area contributed by atoms with Crippen molar-refractivity contribution in [2.45, 2.75) is 24.9 Å². The molecule has 1 fully saturated rings. The molecule has 0 atom stereocenters. The molecule has 5 N–H and O–H groups in total. The Kier molecular flexibility index (Phi) is 2.88. The highest BCUT2D eigenvalue weighted by atomic mass is 16.5. The van der Waals surface area contributed by atoms with E-state index in [-0.39, 0.29) is 11.6 Å². The van der Waals surface area contributed by atoms with Crippen molar-refractivity contribution in [1.29, 1.82) is 0 Å². The van der Waals surface area contributed by atoms with Gasteiger partial charge < -0.3 is 10.5 Å². The first-order valence-electron chi connectivity index (χ1n) is 4.04. The van der Waals surface area contributed by atoms with Crippen LogP contribution in [0.3, 0.4) is 0 Å². The summed E-state index contributed by atoms with van der Waals surface area (Å²) in [6.45, 7) is 0.597. The second-order valence-corrected chi connectivity index (χ2v) is 3.09. The van der Waals surface area contributed by atoms with Crippen LogP contribution in [0.5, 0.6) is 0 Å². The number of hydrogen-bond donors (Lipinski definition) is 3. The Morgan fingerprint density at radius 1 is 1.67 bits per heavy atom. The first kappa shape index (κ1) is 9.28. The Hall–Kier alpha value is -0.810. The molecule has 0 aromatic heterocycles. The number of methoxy groups -OCH3 is 1. The number of nitrogens with two attached hydrogens (primary N) is 2. The molecule has 0 saturated heterocycles. The number of guanidine groups is 1. The average Bonchev–Trinajstić information content (AvgIpc) is 2.03. The van der Waals surface area contributed by atoms with Gasteiger partial charge in [0, 0.05) is 7.11 Å². The zero-order valence-corrected chi connectivity index (χ0v) is 7.34. The molecule has 0 unspecified atom stereocenters. The van der Waals surface area contributed by atoms with Crippen molar-refractivity contribution < 1.29 is 4.74 Å². The third-order valence-corrected chi connectivity index (χ3v) is 2.38. The maximum absolute atomic E-state index is 5.37. The maximum Gasteiger partial charge on any atom is 0.203 e. The highest BCUT2D eigenvalue weighted by Gasteiger charge is 2.36. The predicted octanol–water partition coefficient (Wildman–Crippen LogP) is -0.666. The van der Waals surface area contributed by atoms with Crippen molar-refractivity contribution in [2.24, 2.45) is 16.6 Å². The van der Waals surface area contributed by atoms with Crippen LogP contribution in [0.15, 0.2) is 4.99 Å². The molecule has 0 aliphatic heterocycles. The number of ether oxygens (including phenoxy) is 1. The summed E-state index contributed by atoms with van der Waals surface area (Å²) >= 11 is 0. The van der Waals surface area contributed by atoms with Crippen LogP contribution in [-0.4, -0.2) is 25.2 Å². The van der Waals surface area contributed by atoms with Crippen LogP contribution in [-0.2, 0) is 4.74 Å². The Morgan fingerprint density at radius 2 is 2.33 bits per heavy atom. The number of hydrogen-bond acceptors (Lipinski definition) is 3. The smallest absolute Gasteiger partial charge is 0.203 e. The third kappa shape index (κ3) is 1.86. The van der Waals surface area contributed by atoms with Gasteiger partial charge in [0.2, 0.25) is 5.96 Å². The summed E-state index contributed by atoms with van der Waals surface area (Å²) in [5.74, 6) is 5.32. The van der Waals surface area contributed by atoms with Gasteiger partial charge >= 0.3 is 0 Å². The fourth-order valence-electron chi connectivity index (χ4n) is 1.27. The summed E-state index contributed by atoms with van der Waals surface area (Å²) in [6, 6.07) is 0. The lowest BCUT2D eigenvalue weighted by Gasteiger charge is -2.39. The van der Waals surface area contributed by atoms with Crippen molar-refractivity contribution >= 4 is 5.96 Å². The van der Waals surface area contributed by atoms with E-state index < -0.39 is 0 Å². The minimum Gasteiger partial charge on any atom is -0.376 e. The number of aliphatic imine (C=N–C) groups is 1. The molecule has 0 spiro atoms. The largest absolute Gasteiger partial charge is 0.376 e. The van der Waals surface area contributed by atoms with E-state index in [4.69, 9.17) is 16.3 Å². The van der Waals surface area contributed by atoms with E-state index in [9.17, 15) is 0 Å². The van der Waals surface area contributed by atoms with E-state index in [0.29, 0.717) is 6.54 Å². The first-order valence-corrected chi connectivity index (χ1v) is 4.04. The van der Waals surface area contributed by atoms with Crippen LogP contribution in [0.4, 0.5) is 0 Å². The molecule has 1 aliphatic carbocycles. The molecule has 1 aliphatic rings. The van der Waals surface area contributed by atoms with Crippen molar-refractivity contribution in [3.8, 4) is 0 Å². The molecule has 1 saturated carbocycles. The van der Waals surface area contributed by atoms with E-state index >= 15 is 0 Å². The van der Waals surface area contributed by atoms with Crippen molar-refractivity contribution in [3.05, 3.63) is 0 Å². The standard InChI is InChI=1S/C7H16N4O/c1-12-7(3-2-4-7)5-10-6(8)11-9/h2-5,9H2,1H3,(H3,8,10,11). The molecule has 0 heterocycles. The SMILES string of the molecule is COC1(CN=C(N)NN)CCC1. The maximum atomic E-state index is 5.37. The fourth-order valence-corrected chi connectivity index (χ4v) is 1.27. The van der Waals surface area contributed by atoms with Gasteiger partial charge in [-0.25, -0.2) is 10.8 Å². The van der Waals surface area contributed by atoms with E-state index in [1.54, 1.807) is 7.11 Å². The molecule has 5 nitrogen and oxygen atoms in total. The monoisotopic (exact) mass is 172 g/mol.